The Morgan fingerprint density at radius 1 is 1.03 bits per heavy atom. The summed E-state index contributed by atoms with van der Waals surface area (Å²) < 4.78 is 6.32. The Hall–Kier alpha value is -2.35. The summed E-state index contributed by atoms with van der Waals surface area (Å²) in [5.74, 6) is -0.465. The Morgan fingerprint density at radius 3 is 2.32 bits per heavy atom. The molecule has 0 radical (unpaired) electrons. The van der Waals surface area contributed by atoms with Crippen LogP contribution in [0.2, 0.25) is 0 Å². The van der Waals surface area contributed by atoms with Gasteiger partial charge in [0.2, 0.25) is 5.91 Å². The lowest BCUT2D eigenvalue weighted by Gasteiger charge is -2.46. The Bertz CT molecular complexity index is 1230. The van der Waals surface area contributed by atoms with Gasteiger partial charge in [0.25, 0.3) is 0 Å². The lowest BCUT2D eigenvalue weighted by molar-refractivity contribution is -0.137. The highest BCUT2D eigenvalue weighted by molar-refractivity contribution is 8.32. The lowest BCUT2D eigenvalue weighted by Crippen LogP contribution is -2.57. The minimum absolute atomic E-state index is 0.0332. The minimum Gasteiger partial charge on any atom is -0.462 e. The van der Waals surface area contributed by atoms with E-state index < -0.39 is 5.54 Å². The normalized spacial score (nSPS) is 19.5. The summed E-state index contributed by atoms with van der Waals surface area (Å²) in [6.45, 7) is 9.91. The number of thioether (sulfide) groups is 2. The van der Waals surface area contributed by atoms with Crippen molar-refractivity contribution < 1.29 is 14.3 Å². The molecule has 2 aliphatic rings. The largest absolute Gasteiger partial charge is 0.462 e. The van der Waals surface area contributed by atoms with Crippen molar-refractivity contribution in [3.05, 3.63) is 74.9 Å². The number of fused-ring (bicyclic) bond motifs is 1. The number of esters is 1. The average molecular weight is 510 g/mol. The number of thiocarbonyl (C=S) groups is 1. The molecule has 4 rings (SSSR count). The predicted octanol–water partition coefficient (Wildman–Crippen LogP) is 6.92. The summed E-state index contributed by atoms with van der Waals surface area (Å²) in [5, 5.41) is 0. The summed E-state index contributed by atoms with van der Waals surface area (Å²) >= 11 is 9.01. The maximum atomic E-state index is 13.3. The maximum absolute atomic E-state index is 13.3. The van der Waals surface area contributed by atoms with Gasteiger partial charge in [-0.3, -0.25) is 4.79 Å². The third kappa shape index (κ3) is 4.25. The smallest absolute Gasteiger partial charge is 0.346 e. The first-order valence-corrected chi connectivity index (χ1v) is 13.3. The highest BCUT2D eigenvalue weighted by Gasteiger charge is 2.45. The van der Waals surface area contributed by atoms with Gasteiger partial charge in [-0.2, -0.15) is 0 Å². The number of hydrogen-bond donors (Lipinski definition) is 0. The van der Waals surface area contributed by atoms with Crippen molar-refractivity contribution in [2.45, 2.75) is 40.2 Å². The summed E-state index contributed by atoms with van der Waals surface area (Å²) in [6, 6.07) is 17.7. The number of amides is 1. The molecule has 2 aromatic rings. The molecule has 0 saturated carbocycles. The third-order valence-electron chi connectivity index (χ3n) is 5.77. The van der Waals surface area contributed by atoms with E-state index in [1.807, 2.05) is 94.1 Å². The van der Waals surface area contributed by atoms with Gasteiger partial charge in [0.15, 0.2) is 0 Å². The number of ether oxygens (including phenoxy) is 1. The standard InChI is InChI=1S/C27H27NO3S3/c1-6-31-25(30)22-21(17-12-8-7-9-13-17)33-26(34-22)20-18-14-10-11-15-19(18)28(24(29)16(2)3)27(4,5)23(20)32/h7-16H,6H2,1-5H3. The molecule has 0 N–H and O–H groups in total. The van der Waals surface area contributed by atoms with Gasteiger partial charge in [-0.25, -0.2) is 4.79 Å². The maximum Gasteiger partial charge on any atom is 0.346 e. The lowest BCUT2D eigenvalue weighted by atomic mass is 9.82. The number of hydrogen-bond acceptors (Lipinski definition) is 6. The van der Waals surface area contributed by atoms with Crippen molar-refractivity contribution in [1.82, 2.24) is 0 Å². The van der Waals surface area contributed by atoms with Crippen LogP contribution in [0.15, 0.2) is 63.7 Å². The van der Waals surface area contributed by atoms with Crippen LogP contribution in [0.25, 0.3) is 10.5 Å². The van der Waals surface area contributed by atoms with E-state index in [0.717, 1.165) is 31.5 Å². The zero-order valence-electron chi connectivity index (χ0n) is 19.9. The van der Waals surface area contributed by atoms with Gasteiger partial charge in [0.05, 0.1) is 26.9 Å². The fourth-order valence-electron chi connectivity index (χ4n) is 4.08. The first kappa shape index (κ1) is 24.8. The molecule has 0 spiro atoms. The fourth-order valence-corrected chi connectivity index (χ4v) is 7.21. The number of carbonyl (C=O) groups excluding carboxylic acids is 2. The molecule has 34 heavy (non-hydrogen) atoms. The molecule has 176 valence electrons. The monoisotopic (exact) mass is 509 g/mol. The van der Waals surface area contributed by atoms with Crippen molar-refractivity contribution in [2.24, 2.45) is 5.92 Å². The van der Waals surface area contributed by atoms with Crippen LogP contribution in [0.5, 0.6) is 0 Å². The molecule has 7 heteroatoms. The Morgan fingerprint density at radius 2 is 1.68 bits per heavy atom. The van der Waals surface area contributed by atoms with Crippen LogP contribution < -0.4 is 4.90 Å². The number of nitrogens with zero attached hydrogens (tertiary/aromatic N) is 1. The fraction of sp³-hybridized carbons (Fsp3) is 0.296. The van der Waals surface area contributed by atoms with Crippen molar-refractivity contribution in [3.8, 4) is 0 Å². The Labute approximate surface area is 214 Å². The van der Waals surface area contributed by atoms with E-state index in [1.165, 1.54) is 11.8 Å². The molecule has 2 aromatic carbocycles. The van der Waals surface area contributed by atoms with Gasteiger partial charge in [0.1, 0.15) is 4.91 Å². The van der Waals surface area contributed by atoms with E-state index in [-0.39, 0.29) is 17.8 Å². The first-order valence-electron chi connectivity index (χ1n) is 11.2. The molecular weight excluding hydrogens is 483 g/mol. The van der Waals surface area contributed by atoms with E-state index in [2.05, 4.69) is 0 Å². The van der Waals surface area contributed by atoms with Crippen molar-refractivity contribution >= 4 is 68.6 Å². The molecule has 0 aliphatic carbocycles. The number of para-hydroxylation sites is 1. The van der Waals surface area contributed by atoms with Crippen LogP contribution in [0.4, 0.5) is 5.69 Å². The zero-order valence-corrected chi connectivity index (χ0v) is 22.3. The van der Waals surface area contributed by atoms with Crippen molar-refractivity contribution in [1.29, 1.82) is 0 Å². The second-order valence-corrected chi connectivity index (χ2v) is 11.6. The van der Waals surface area contributed by atoms with Gasteiger partial charge in [-0.1, -0.05) is 98.1 Å². The number of carbonyl (C=O) groups is 2. The first-order chi connectivity index (χ1) is 16.2. The second kappa shape index (κ2) is 9.72. The Kier molecular flexibility index (Phi) is 7.08. The van der Waals surface area contributed by atoms with Crippen LogP contribution >= 0.6 is 35.7 Å². The van der Waals surface area contributed by atoms with Gasteiger partial charge >= 0.3 is 5.97 Å². The molecule has 2 heterocycles. The molecule has 4 nitrogen and oxygen atoms in total. The second-order valence-electron chi connectivity index (χ2n) is 8.84. The van der Waals surface area contributed by atoms with Crippen molar-refractivity contribution in [3.63, 3.8) is 0 Å². The molecule has 0 saturated heterocycles. The van der Waals surface area contributed by atoms with Crippen molar-refractivity contribution in [2.75, 3.05) is 11.5 Å². The number of anilines is 1. The molecule has 0 bridgehead atoms. The van der Waals surface area contributed by atoms with Crippen LogP contribution in [0.1, 0.15) is 45.7 Å². The van der Waals surface area contributed by atoms with Crippen LogP contribution in [0, 0.1) is 5.92 Å². The SMILES string of the molecule is CCOC(=O)C1=C(c2ccccc2)SC(=C2C(=S)C(C)(C)N(C(=O)C(C)C)c3ccccc32)S1. The molecule has 0 atom stereocenters. The third-order valence-corrected chi connectivity index (χ3v) is 9.10. The van der Waals surface area contributed by atoms with E-state index in [1.54, 1.807) is 11.8 Å². The summed E-state index contributed by atoms with van der Waals surface area (Å²) in [5.41, 5.74) is 2.92. The summed E-state index contributed by atoms with van der Waals surface area (Å²) in [4.78, 5) is 30.1. The van der Waals surface area contributed by atoms with E-state index in [4.69, 9.17) is 17.0 Å². The zero-order chi connectivity index (χ0) is 24.6. The summed E-state index contributed by atoms with van der Waals surface area (Å²) in [7, 11) is 0. The van der Waals surface area contributed by atoms with Crippen LogP contribution in [-0.4, -0.2) is 28.9 Å². The average Bonchev–Trinajstić information content (AvgIpc) is 3.25. The molecule has 2 aliphatic heterocycles. The van der Waals surface area contributed by atoms with Crippen LogP contribution in [-0.2, 0) is 14.3 Å². The van der Waals surface area contributed by atoms with Gasteiger partial charge in [0, 0.05) is 22.0 Å². The quantitative estimate of drug-likeness (QED) is 0.253. The summed E-state index contributed by atoms with van der Waals surface area (Å²) in [6.07, 6.45) is 0. The highest BCUT2D eigenvalue weighted by atomic mass is 32.2. The number of rotatable bonds is 4. The molecule has 0 unspecified atom stereocenters. The van der Waals surface area contributed by atoms with Gasteiger partial charge < -0.3 is 9.64 Å². The van der Waals surface area contributed by atoms with Crippen LogP contribution in [0.3, 0.4) is 0 Å². The predicted molar refractivity (Wildman–Crippen MR) is 148 cm³/mol. The molecule has 0 aromatic heterocycles. The van der Waals surface area contributed by atoms with E-state index in [9.17, 15) is 9.59 Å². The highest BCUT2D eigenvalue weighted by Crippen LogP contribution is 2.58. The molecule has 1 amide bonds. The minimum atomic E-state index is -0.700. The molecular formula is C27H27NO3S3. The van der Waals surface area contributed by atoms with E-state index in [0.29, 0.717) is 16.4 Å². The van der Waals surface area contributed by atoms with Gasteiger partial charge in [-0.05, 0) is 32.4 Å². The Balaban J connectivity index is 1.89. The van der Waals surface area contributed by atoms with E-state index >= 15 is 0 Å². The topological polar surface area (TPSA) is 46.6 Å². The molecule has 0 fully saturated rings. The number of benzene rings is 2. The van der Waals surface area contributed by atoms with Gasteiger partial charge in [-0.15, -0.1) is 0 Å².